The quantitative estimate of drug-likeness (QED) is 0.274. The zero-order valence-corrected chi connectivity index (χ0v) is 22.1. The van der Waals surface area contributed by atoms with Gasteiger partial charge >= 0.3 is 5.97 Å². The summed E-state index contributed by atoms with van der Waals surface area (Å²) in [6.07, 6.45) is 0.446. The summed E-state index contributed by atoms with van der Waals surface area (Å²) in [7, 11) is 0. The van der Waals surface area contributed by atoms with Crippen LogP contribution in [0.15, 0.2) is 54.6 Å². The highest BCUT2D eigenvalue weighted by atomic mass is 19.1. The standard InChI is InChI=1S/C31H35FO5/c1-5-35-29(33)12-10-24-9-11-26(16-28(24)32)36-17-23-7-6-8-25(15-23)30-21(2)13-27(14-22(30)3)37-20-31(4)18-34-19-31/h6-9,11,13-16H,5,10,12,17-20H2,1-4H3. The third-order valence-corrected chi connectivity index (χ3v) is 6.54. The molecule has 196 valence electrons. The molecule has 0 radical (unpaired) electrons. The summed E-state index contributed by atoms with van der Waals surface area (Å²) in [4.78, 5) is 11.5. The molecule has 4 rings (SSSR count). The van der Waals surface area contributed by atoms with E-state index in [0.717, 1.165) is 41.2 Å². The first-order valence-electron chi connectivity index (χ1n) is 12.7. The van der Waals surface area contributed by atoms with Gasteiger partial charge in [0.1, 0.15) is 23.9 Å². The van der Waals surface area contributed by atoms with Crippen molar-refractivity contribution in [3.63, 3.8) is 0 Å². The minimum absolute atomic E-state index is 0.0979. The topological polar surface area (TPSA) is 54.0 Å². The average Bonchev–Trinajstić information content (AvgIpc) is 2.84. The molecule has 0 atom stereocenters. The van der Waals surface area contributed by atoms with E-state index >= 15 is 0 Å². The molecule has 0 aliphatic carbocycles. The highest BCUT2D eigenvalue weighted by Gasteiger charge is 2.34. The molecule has 0 unspecified atom stereocenters. The van der Waals surface area contributed by atoms with Gasteiger partial charge in [-0.2, -0.15) is 0 Å². The summed E-state index contributed by atoms with van der Waals surface area (Å²) in [6, 6.07) is 17.1. The van der Waals surface area contributed by atoms with Crippen molar-refractivity contribution >= 4 is 5.97 Å². The molecule has 1 heterocycles. The molecular weight excluding hydrogens is 471 g/mol. The molecule has 3 aromatic carbocycles. The Hall–Kier alpha value is -3.38. The van der Waals surface area contributed by atoms with Gasteiger partial charge in [-0.15, -0.1) is 0 Å². The molecule has 0 N–H and O–H groups in total. The fraction of sp³-hybridized carbons (Fsp3) is 0.387. The van der Waals surface area contributed by atoms with Gasteiger partial charge in [0.15, 0.2) is 0 Å². The predicted octanol–water partition coefficient (Wildman–Crippen LogP) is 6.60. The number of carbonyl (C=O) groups excluding carboxylic acids is 1. The van der Waals surface area contributed by atoms with Gasteiger partial charge in [0, 0.05) is 17.9 Å². The summed E-state index contributed by atoms with van der Waals surface area (Å²) in [5.41, 5.74) is 6.11. The van der Waals surface area contributed by atoms with Crippen LogP contribution in [0.5, 0.6) is 11.5 Å². The number of carbonyl (C=O) groups is 1. The van der Waals surface area contributed by atoms with Gasteiger partial charge in [-0.25, -0.2) is 4.39 Å². The van der Waals surface area contributed by atoms with Crippen LogP contribution in [-0.4, -0.2) is 32.4 Å². The van der Waals surface area contributed by atoms with Crippen LogP contribution >= 0.6 is 0 Å². The highest BCUT2D eigenvalue weighted by molar-refractivity contribution is 5.72. The van der Waals surface area contributed by atoms with Crippen molar-refractivity contribution in [2.45, 2.75) is 47.1 Å². The highest BCUT2D eigenvalue weighted by Crippen LogP contribution is 2.33. The van der Waals surface area contributed by atoms with Crippen molar-refractivity contribution in [2.75, 3.05) is 26.4 Å². The van der Waals surface area contributed by atoms with E-state index in [0.29, 0.717) is 37.6 Å². The van der Waals surface area contributed by atoms with Gasteiger partial charge in [-0.05, 0) is 84.8 Å². The Labute approximate surface area is 218 Å². The number of esters is 1. The lowest BCUT2D eigenvalue weighted by molar-refractivity contribution is -0.143. The number of benzene rings is 3. The smallest absolute Gasteiger partial charge is 0.306 e. The summed E-state index contributed by atoms with van der Waals surface area (Å²) < 4.78 is 36.7. The second-order valence-electron chi connectivity index (χ2n) is 10.1. The summed E-state index contributed by atoms with van der Waals surface area (Å²) >= 11 is 0. The molecule has 5 nitrogen and oxygen atoms in total. The van der Waals surface area contributed by atoms with E-state index in [1.54, 1.807) is 19.1 Å². The zero-order chi connectivity index (χ0) is 26.4. The molecule has 37 heavy (non-hydrogen) atoms. The van der Waals surface area contributed by atoms with Gasteiger partial charge in [0.05, 0.1) is 26.4 Å². The number of aryl methyl sites for hydroxylation is 3. The zero-order valence-electron chi connectivity index (χ0n) is 22.1. The Morgan fingerprint density at radius 2 is 1.76 bits per heavy atom. The first-order chi connectivity index (χ1) is 17.8. The second-order valence-corrected chi connectivity index (χ2v) is 10.1. The Kier molecular flexibility index (Phi) is 8.49. The SMILES string of the molecule is CCOC(=O)CCc1ccc(OCc2cccc(-c3c(C)cc(OCC4(C)COC4)cc3C)c2)cc1F. The largest absolute Gasteiger partial charge is 0.493 e. The van der Waals surface area contributed by atoms with Gasteiger partial charge in [-0.1, -0.05) is 31.2 Å². The molecule has 0 spiro atoms. The lowest BCUT2D eigenvalue weighted by Gasteiger charge is -2.37. The number of hydrogen-bond acceptors (Lipinski definition) is 5. The third kappa shape index (κ3) is 6.89. The minimum Gasteiger partial charge on any atom is -0.493 e. The van der Waals surface area contributed by atoms with Crippen LogP contribution in [-0.2, 0) is 27.3 Å². The lowest BCUT2D eigenvalue weighted by atomic mass is 9.90. The molecule has 0 amide bonds. The molecule has 1 aliphatic heterocycles. The third-order valence-electron chi connectivity index (χ3n) is 6.54. The molecular formula is C31H35FO5. The maximum absolute atomic E-state index is 14.5. The Bertz CT molecular complexity index is 1230. The van der Waals surface area contributed by atoms with E-state index < -0.39 is 0 Å². The lowest BCUT2D eigenvalue weighted by Crippen LogP contribution is -2.44. The second kappa shape index (κ2) is 11.8. The molecule has 1 saturated heterocycles. The van der Waals surface area contributed by atoms with E-state index in [9.17, 15) is 9.18 Å². The van der Waals surface area contributed by atoms with Crippen LogP contribution in [0.4, 0.5) is 4.39 Å². The van der Waals surface area contributed by atoms with E-state index in [1.807, 2.05) is 12.1 Å². The van der Waals surface area contributed by atoms with Gasteiger partial charge in [0.2, 0.25) is 0 Å². The van der Waals surface area contributed by atoms with Crippen molar-refractivity contribution in [3.8, 4) is 22.6 Å². The van der Waals surface area contributed by atoms with Gasteiger partial charge in [0.25, 0.3) is 0 Å². The molecule has 1 aliphatic rings. The summed E-state index contributed by atoms with van der Waals surface area (Å²) in [6.45, 7) is 10.9. The van der Waals surface area contributed by atoms with Crippen LogP contribution in [0.1, 0.15) is 42.5 Å². The van der Waals surface area contributed by atoms with Crippen molar-refractivity contribution in [3.05, 3.63) is 82.7 Å². The van der Waals surface area contributed by atoms with Crippen molar-refractivity contribution in [1.29, 1.82) is 0 Å². The normalized spacial score (nSPS) is 14.1. The molecule has 0 aromatic heterocycles. The minimum atomic E-state index is -0.386. The first-order valence-corrected chi connectivity index (χ1v) is 12.7. The number of hydrogen-bond donors (Lipinski definition) is 0. The number of ether oxygens (including phenoxy) is 4. The first kappa shape index (κ1) is 26.7. The maximum atomic E-state index is 14.5. The van der Waals surface area contributed by atoms with Crippen LogP contribution in [0, 0.1) is 25.1 Å². The Balaban J connectivity index is 1.39. The monoisotopic (exact) mass is 506 g/mol. The fourth-order valence-corrected chi connectivity index (χ4v) is 4.53. The fourth-order valence-electron chi connectivity index (χ4n) is 4.53. The van der Waals surface area contributed by atoms with Crippen molar-refractivity contribution < 1.29 is 28.1 Å². The molecule has 6 heteroatoms. The van der Waals surface area contributed by atoms with Crippen LogP contribution in [0.2, 0.25) is 0 Å². The van der Waals surface area contributed by atoms with E-state index in [-0.39, 0.29) is 23.6 Å². The van der Waals surface area contributed by atoms with Crippen molar-refractivity contribution in [1.82, 2.24) is 0 Å². The van der Waals surface area contributed by atoms with Gasteiger partial charge in [-0.3, -0.25) is 4.79 Å². The van der Waals surface area contributed by atoms with Gasteiger partial charge < -0.3 is 18.9 Å². The van der Waals surface area contributed by atoms with Crippen molar-refractivity contribution in [2.24, 2.45) is 5.41 Å². The number of halogens is 1. The molecule has 0 saturated carbocycles. The Morgan fingerprint density at radius 3 is 2.41 bits per heavy atom. The van der Waals surface area contributed by atoms with Crippen LogP contribution < -0.4 is 9.47 Å². The molecule has 3 aromatic rings. The van der Waals surface area contributed by atoms with E-state index in [1.165, 1.54) is 11.6 Å². The van der Waals surface area contributed by atoms with Crippen LogP contribution in [0.3, 0.4) is 0 Å². The summed E-state index contributed by atoms with van der Waals surface area (Å²) in [5.74, 6) is 0.608. The average molecular weight is 507 g/mol. The van der Waals surface area contributed by atoms with E-state index in [2.05, 4.69) is 45.0 Å². The maximum Gasteiger partial charge on any atom is 0.306 e. The Morgan fingerprint density at radius 1 is 1.00 bits per heavy atom. The predicted molar refractivity (Wildman–Crippen MR) is 141 cm³/mol. The molecule has 1 fully saturated rings. The van der Waals surface area contributed by atoms with E-state index in [4.69, 9.17) is 18.9 Å². The van der Waals surface area contributed by atoms with Crippen LogP contribution in [0.25, 0.3) is 11.1 Å². The molecule has 0 bridgehead atoms. The number of rotatable bonds is 11. The summed E-state index contributed by atoms with van der Waals surface area (Å²) in [5, 5.41) is 0.